The van der Waals surface area contributed by atoms with Gasteiger partial charge in [-0.1, -0.05) is 25.0 Å². The fourth-order valence-electron chi connectivity index (χ4n) is 3.08. The molecule has 2 N–H and O–H groups in total. The van der Waals surface area contributed by atoms with E-state index < -0.39 is 0 Å². The zero-order valence-corrected chi connectivity index (χ0v) is 13.0. The van der Waals surface area contributed by atoms with Gasteiger partial charge in [0.15, 0.2) is 0 Å². The van der Waals surface area contributed by atoms with Crippen LogP contribution in [0.15, 0.2) is 24.3 Å². The molecule has 1 aliphatic rings. The van der Waals surface area contributed by atoms with Crippen LogP contribution in [-0.4, -0.2) is 13.1 Å². The second-order valence-corrected chi connectivity index (χ2v) is 5.33. The molecule has 0 amide bonds. The molecule has 0 heterocycles. The predicted octanol–water partition coefficient (Wildman–Crippen LogP) is 4.14. The highest BCUT2D eigenvalue weighted by molar-refractivity contribution is 5.85. The summed E-state index contributed by atoms with van der Waals surface area (Å²) in [5.41, 5.74) is 8.99. The fourth-order valence-corrected chi connectivity index (χ4v) is 3.08. The first kappa shape index (κ1) is 16.3. The van der Waals surface area contributed by atoms with Crippen LogP contribution in [-0.2, 0) is 0 Å². The van der Waals surface area contributed by atoms with Crippen molar-refractivity contribution >= 4 is 18.1 Å². The summed E-state index contributed by atoms with van der Waals surface area (Å²) in [5.74, 6) is 0.698. The van der Waals surface area contributed by atoms with Crippen LogP contribution in [0.3, 0.4) is 0 Å². The Morgan fingerprint density at radius 2 is 1.63 bits per heavy atom. The van der Waals surface area contributed by atoms with Gasteiger partial charge in [-0.25, -0.2) is 0 Å². The van der Waals surface area contributed by atoms with Gasteiger partial charge in [-0.2, -0.15) is 0 Å². The van der Waals surface area contributed by atoms with Crippen LogP contribution in [0.2, 0.25) is 0 Å². The zero-order chi connectivity index (χ0) is 13.0. The lowest BCUT2D eigenvalue weighted by atomic mass is 9.92. The number of benzene rings is 1. The number of nitrogens with zero attached hydrogens (tertiary/aromatic N) is 1. The first-order valence-corrected chi connectivity index (χ1v) is 7.36. The molecule has 1 atom stereocenters. The molecule has 0 radical (unpaired) electrons. The van der Waals surface area contributed by atoms with Crippen LogP contribution in [0.1, 0.15) is 51.1 Å². The highest BCUT2D eigenvalue weighted by Gasteiger charge is 2.23. The number of hydrogen-bond acceptors (Lipinski definition) is 2. The molecular weight excluding hydrogens is 256 g/mol. The largest absolute Gasteiger partial charge is 0.372 e. The molecule has 1 fully saturated rings. The third-order valence-electron chi connectivity index (χ3n) is 4.31. The number of halogens is 1. The minimum Gasteiger partial charge on any atom is -0.372 e. The highest BCUT2D eigenvalue weighted by Crippen LogP contribution is 2.34. The number of hydrogen-bond donors (Lipinski definition) is 1. The van der Waals surface area contributed by atoms with Crippen LogP contribution in [0, 0.1) is 5.92 Å². The molecule has 3 heteroatoms. The van der Waals surface area contributed by atoms with Crippen LogP contribution in [0.25, 0.3) is 0 Å². The van der Waals surface area contributed by atoms with Crippen molar-refractivity contribution in [2.45, 2.75) is 45.6 Å². The summed E-state index contributed by atoms with van der Waals surface area (Å²) < 4.78 is 0. The Kier molecular flexibility index (Phi) is 6.67. The topological polar surface area (TPSA) is 29.3 Å². The van der Waals surface area contributed by atoms with E-state index in [1.165, 1.54) is 36.9 Å². The molecule has 19 heavy (non-hydrogen) atoms. The van der Waals surface area contributed by atoms with Crippen molar-refractivity contribution < 1.29 is 0 Å². The van der Waals surface area contributed by atoms with Crippen LogP contribution >= 0.6 is 12.4 Å². The summed E-state index contributed by atoms with van der Waals surface area (Å²) in [6.07, 6.45) is 5.32. The van der Waals surface area contributed by atoms with Crippen molar-refractivity contribution in [3.8, 4) is 0 Å². The lowest BCUT2D eigenvalue weighted by molar-refractivity contribution is 0.445. The molecule has 0 unspecified atom stereocenters. The maximum Gasteiger partial charge on any atom is 0.0366 e. The Bertz CT molecular complexity index is 354. The van der Waals surface area contributed by atoms with Crippen molar-refractivity contribution in [2.24, 2.45) is 11.7 Å². The van der Waals surface area contributed by atoms with Crippen molar-refractivity contribution in [3.63, 3.8) is 0 Å². The molecule has 108 valence electrons. The molecule has 0 aliphatic heterocycles. The summed E-state index contributed by atoms with van der Waals surface area (Å²) in [5, 5.41) is 0. The van der Waals surface area contributed by atoms with Gasteiger partial charge in [0.2, 0.25) is 0 Å². The van der Waals surface area contributed by atoms with E-state index in [0.29, 0.717) is 5.92 Å². The van der Waals surface area contributed by atoms with Gasteiger partial charge in [0, 0.05) is 24.8 Å². The lowest BCUT2D eigenvalue weighted by Gasteiger charge is -2.23. The van der Waals surface area contributed by atoms with E-state index in [4.69, 9.17) is 5.73 Å². The lowest BCUT2D eigenvalue weighted by Crippen LogP contribution is -2.22. The predicted molar refractivity (Wildman–Crippen MR) is 86.1 cm³/mol. The highest BCUT2D eigenvalue weighted by atomic mass is 35.5. The minimum absolute atomic E-state index is 0. The average Bonchev–Trinajstić information content (AvgIpc) is 2.94. The summed E-state index contributed by atoms with van der Waals surface area (Å²) in [6.45, 7) is 6.51. The third kappa shape index (κ3) is 3.87. The number of rotatable bonds is 5. The van der Waals surface area contributed by atoms with E-state index >= 15 is 0 Å². The maximum atomic E-state index is 6.38. The Hall–Kier alpha value is -0.730. The Balaban J connectivity index is 0.00000180. The van der Waals surface area contributed by atoms with E-state index in [1.54, 1.807) is 0 Å². The normalized spacial score (nSPS) is 17.0. The van der Waals surface area contributed by atoms with Crippen LogP contribution in [0.4, 0.5) is 5.69 Å². The second-order valence-electron chi connectivity index (χ2n) is 5.33. The molecule has 1 aliphatic carbocycles. The number of anilines is 1. The maximum absolute atomic E-state index is 6.38. The van der Waals surface area contributed by atoms with Crippen molar-refractivity contribution in [1.29, 1.82) is 0 Å². The van der Waals surface area contributed by atoms with Crippen molar-refractivity contribution in [1.82, 2.24) is 0 Å². The van der Waals surface area contributed by atoms with E-state index in [9.17, 15) is 0 Å². The molecule has 0 spiro atoms. The quantitative estimate of drug-likeness (QED) is 0.879. The first-order valence-electron chi connectivity index (χ1n) is 7.36. The summed E-state index contributed by atoms with van der Waals surface area (Å²) in [7, 11) is 0. The van der Waals surface area contributed by atoms with Gasteiger partial charge in [0.25, 0.3) is 0 Å². The molecule has 0 aromatic heterocycles. The SMILES string of the molecule is CCN(CC)c1ccc([C@@H](N)C2CCCC2)cc1.Cl. The van der Waals surface area contributed by atoms with Gasteiger partial charge in [0.05, 0.1) is 0 Å². The Labute approximate surface area is 123 Å². The molecule has 2 rings (SSSR count). The molecule has 1 aromatic carbocycles. The summed E-state index contributed by atoms with van der Waals surface area (Å²) in [4.78, 5) is 2.37. The first-order chi connectivity index (χ1) is 8.76. The Morgan fingerprint density at radius 1 is 1.11 bits per heavy atom. The summed E-state index contributed by atoms with van der Waals surface area (Å²) >= 11 is 0. The van der Waals surface area contributed by atoms with E-state index in [0.717, 1.165) is 13.1 Å². The molecule has 0 saturated heterocycles. The van der Waals surface area contributed by atoms with Crippen LogP contribution < -0.4 is 10.6 Å². The van der Waals surface area contributed by atoms with Gasteiger partial charge in [0.1, 0.15) is 0 Å². The van der Waals surface area contributed by atoms with E-state index in [1.807, 2.05) is 0 Å². The zero-order valence-electron chi connectivity index (χ0n) is 12.1. The van der Waals surface area contributed by atoms with Gasteiger partial charge in [-0.3, -0.25) is 0 Å². The Morgan fingerprint density at radius 3 is 2.11 bits per heavy atom. The fraction of sp³-hybridized carbons (Fsp3) is 0.625. The van der Waals surface area contributed by atoms with Crippen molar-refractivity contribution in [2.75, 3.05) is 18.0 Å². The molecule has 1 aromatic rings. The standard InChI is InChI=1S/C16H26N2.ClH/c1-3-18(4-2)15-11-9-14(10-12-15)16(17)13-7-5-6-8-13;/h9-13,16H,3-8,17H2,1-2H3;1H/t16-;/m0./s1. The molecular formula is C16H27ClN2. The molecule has 1 saturated carbocycles. The smallest absolute Gasteiger partial charge is 0.0366 e. The third-order valence-corrected chi connectivity index (χ3v) is 4.31. The number of nitrogens with two attached hydrogens (primary N) is 1. The van der Waals surface area contributed by atoms with Crippen molar-refractivity contribution in [3.05, 3.63) is 29.8 Å². The summed E-state index contributed by atoms with van der Waals surface area (Å²) in [6, 6.07) is 9.11. The second kappa shape index (κ2) is 7.76. The van der Waals surface area contributed by atoms with E-state index in [-0.39, 0.29) is 18.4 Å². The monoisotopic (exact) mass is 282 g/mol. The average molecular weight is 283 g/mol. The van der Waals surface area contributed by atoms with Gasteiger partial charge in [-0.15, -0.1) is 12.4 Å². The molecule has 2 nitrogen and oxygen atoms in total. The minimum atomic E-state index is 0. The molecule has 0 bridgehead atoms. The van der Waals surface area contributed by atoms with Gasteiger partial charge < -0.3 is 10.6 Å². The van der Waals surface area contributed by atoms with Gasteiger partial charge >= 0.3 is 0 Å². The van der Waals surface area contributed by atoms with Crippen LogP contribution in [0.5, 0.6) is 0 Å². The van der Waals surface area contributed by atoms with Gasteiger partial charge in [-0.05, 0) is 50.3 Å². The van der Waals surface area contributed by atoms with E-state index in [2.05, 4.69) is 43.0 Å².